The molecule has 0 spiro atoms. The highest BCUT2D eigenvalue weighted by Gasteiger charge is 2.44. The first-order valence-electron chi connectivity index (χ1n) is 6.99. The van der Waals surface area contributed by atoms with E-state index in [4.69, 9.17) is 19.7 Å². The summed E-state index contributed by atoms with van der Waals surface area (Å²) < 4.78 is 9.99. The van der Waals surface area contributed by atoms with E-state index in [1.165, 1.54) is 0 Å². The van der Waals surface area contributed by atoms with Crippen LogP contribution in [0.4, 0.5) is 0 Å². The molecule has 11 heteroatoms. The van der Waals surface area contributed by atoms with Gasteiger partial charge >= 0.3 is 0 Å². The van der Waals surface area contributed by atoms with Gasteiger partial charge in [-0.3, -0.25) is 0 Å². The zero-order valence-corrected chi connectivity index (χ0v) is 12.2. The standard InChI is InChI=1S/C12H24O11/c13-1-4(15)7(17)8(18)5(16)3-22-12-11(21)10(20)9(19)6(2-14)23-12/h4-21H,1-3H2/t4-,5+,6?,7-,8-,9-,10+,11?,12+/m1/s1. The number of aliphatic hydroxyl groups excluding tert-OH is 9. The van der Waals surface area contributed by atoms with Gasteiger partial charge in [0, 0.05) is 0 Å². The van der Waals surface area contributed by atoms with Crippen molar-refractivity contribution in [1.82, 2.24) is 0 Å². The van der Waals surface area contributed by atoms with Crippen molar-refractivity contribution in [3.8, 4) is 0 Å². The molecular formula is C12H24O11. The largest absolute Gasteiger partial charge is 0.394 e. The van der Waals surface area contributed by atoms with Crippen molar-refractivity contribution >= 4 is 0 Å². The molecule has 1 fully saturated rings. The van der Waals surface area contributed by atoms with Gasteiger partial charge in [-0.05, 0) is 0 Å². The Bertz CT molecular complexity index is 341. The van der Waals surface area contributed by atoms with Crippen molar-refractivity contribution in [2.24, 2.45) is 0 Å². The van der Waals surface area contributed by atoms with Crippen LogP contribution in [0.1, 0.15) is 0 Å². The van der Waals surface area contributed by atoms with Gasteiger partial charge in [-0.2, -0.15) is 0 Å². The Labute approximate surface area is 131 Å². The van der Waals surface area contributed by atoms with Crippen LogP contribution in [0.5, 0.6) is 0 Å². The van der Waals surface area contributed by atoms with E-state index in [2.05, 4.69) is 0 Å². The monoisotopic (exact) mass is 344 g/mol. The summed E-state index contributed by atoms with van der Waals surface area (Å²) in [6, 6.07) is 0. The van der Waals surface area contributed by atoms with Gasteiger partial charge in [0.05, 0.1) is 19.8 Å². The first-order valence-corrected chi connectivity index (χ1v) is 6.99. The Balaban J connectivity index is 2.55. The number of hydrogen-bond donors (Lipinski definition) is 9. The van der Waals surface area contributed by atoms with E-state index < -0.39 is 74.9 Å². The lowest BCUT2D eigenvalue weighted by Crippen LogP contribution is -2.59. The molecule has 2 unspecified atom stereocenters. The lowest BCUT2D eigenvalue weighted by atomic mass is 9.99. The van der Waals surface area contributed by atoms with E-state index in [1.54, 1.807) is 0 Å². The van der Waals surface area contributed by atoms with Gasteiger partial charge in [0.25, 0.3) is 0 Å². The predicted molar refractivity (Wildman–Crippen MR) is 70.8 cm³/mol. The lowest BCUT2D eigenvalue weighted by Gasteiger charge is -2.40. The van der Waals surface area contributed by atoms with Crippen molar-refractivity contribution in [3.63, 3.8) is 0 Å². The molecule has 9 N–H and O–H groups in total. The summed E-state index contributed by atoms with van der Waals surface area (Å²) in [4.78, 5) is 0. The normalized spacial score (nSPS) is 37.2. The molecule has 1 aliphatic heterocycles. The topological polar surface area (TPSA) is 201 Å². The molecule has 0 aromatic rings. The Morgan fingerprint density at radius 2 is 1.39 bits per heavy atom. The molecule has 0 aliphatic carbocycles. The maximum Gasteiger partial charge on any atom is 0.186 e. The molecular weight excluding hydrogens is 320 g/mol. The summed E-state index contributed by atoms with van der Waals surface area (Å²) in [6.45, 7) is -2.16. The third kappa shape index (κ3) is 5.01. The van der Waals surface area contributed by atoms with Crippen molar-refractivity contribution in [2.75, 3.05) is 19.8 Å². The average Bonchev–Trinajstić information content (AvgIpc) is 2.56. The first-order chi connectivity index (χ1) is 10.7. The van der Waals surface area contributed by atoms with Crippen LogP contribution in [0.25, 0.3) is 0 Å². The zero-order chi connectivity index (χ0) is 17.7. The summed E-state index contributed by atoms with van der Waals surface area (Å²) in [5, 5.41) is 84.4. The highest BCUT2D eigenvalue weighted by molar-refractivity contribution is 4.89. The maximum atomic E-state index is 9.70. The van der Waals surface area contributed by atoms with Crippen molar-refractivity contribution in [1.29, 1.82) is 0 Å². The molecule has 0 bridgehead atoms. The summed E-state index contributed by atoms with van der Waals surface area (Å²) in [5.74, 6) is 0. The molecule has 0 radical (unpaired) electrons. The van der Waals surface area contributed by atoms with E-state index in [0.29, 0.717) is 0 Å². The molecule has 9 atom stereocenters. The van der Waals surface area contributed by atoms with E-state index in [9.17, 15) is 35.7 Å². The fraction of sp³-hybridized carbons (Fsp3) is 1.00. The highest BCUT2D eigenvalue weighted by atomic mass is 16.7. The molecule has 0 saturated carbocycles. The summed E-state index contributed by atoms with van der Waals surface area (Å²) in [7, 11) is 0. The summed E-state index contributed by atoms with van der Waals surface area (Å²) >= 11 is 0. The van der Waals surface area contributed by atoms with Crippen LogP contribution in [0, 0.1) is 0 Å². The van der Waals surface area contributed by atoms with Crippen LogP contribution < -0.4 is 0 Å². The zero-order valence-electron chi connectivity index (χ0n) is 12.2. The first kappa shape index (κ1) is 20.6. The number of rotatable bonds is 8. The second kappa shape index (κ2) is 9.15. The van der Waals surface area contributed by atoms with Gasteiger partial charge < -0.3 is 55.4 Å². The minimum atomic E-state index is -1.86. The Hall–Kier alpha value is -0.440. The molecule has 1 saturated heterocycles. The lowest BCUT2D eigenvalue weighted by molar-refractivity contribution is -0.306. The van der Waals surface area contributed by atoms with E-state index in [1.807, 2.05) is 0 Å². The molecule has 23 heavy (non-hydrogen) atoms. The minimum absolute atomic E-state index is 0.655. The van der Waals surface area contributed by atoms with Crippen LogP contribution in [-0.4, -0.2) is 121 Å². The Morgan fingerprint density at radius 3 is 1.91 bits per heavy atom. The van der Waals surface area contributed by atoms with Crippen LogP contribution in [0.15, 0.2) is 0 Å². The van der Waals surface area contributed by atoms with Crippen LogP contribution in [0.2, 0.25) is 0 Å². The molecule has 1 rings (SSSR count). The van der Waals surface area contributed by atoms with Gasteiger partial charge in [-0.25, -0.2) is 0 Å². The molecule has 0 aromatic carbocycles. The number of ether oxygens (including phenoxy) is 2. The quantitative estimate of drug-likeness (QED) is 0.203. The van der Waals surface area contributed by atoms with Crippen LogP contribution in [-0.2, 0) is 9.47 Å². The molecule has 11 nitrogen and oxygen atoms in total. The second-order valence-corrected chi connectivity index (χ2v) is 5.33. The van der Waals surface area contributed by atoms with Gasteiger partial charge in [0.1, 0.15) is 48.8 Å². The van der Waals surface area contributed by atoms with Crippen molar-refractivity contribution in [2.45, 2.75) is 55.1 Å². The average molecular weight is 344 g/mol. The SMILES string of the molecule is OCC1O[C@H](OC[C@H](O)[C@@H](O)[C@H](O)[C@H](O)CO)C(O)[C@@H](O)[C@@H]1O. The molecule has 1 aliphatic rings. The van der Waals surface area contributed by atoms with Crippen LogP contribution in [0.3, 0.4) is 0 Å². The van der Waals surface area contributed by atoms with Gasteiger partial charge in [0.2, 0.25) is 0 Å². The van der Waals surface area contributed by atoms with E-state index in [0.717, 1.165) is 0 Å². The van der Waals surface area contributed by atoms with E-state index in [-0.39, 0.29) is 0 Å². The molecule has 1 heterocycles. The van der Waals surface area contributed by atoms with Gasteiger partial charge in [-0.1, -0.05) is 0 Å². The van der Waals surface area contributed by atoms with E-state index >= 15 is 0 Å². The van der Waals surface area contributed by atoms with Gasteiger partial charge in [0.15, 0.2) is 6.29 Å². The summed E-state index contributed by atoms with van der Waals surface area (Å²) in [5.41, 5.74) is 0. The molecule has 0 aromatic heterocycles. The molecule has 138 valence electrons. The third-order valence-corrected chi connectivity index (χ3v) is 3.61. The number of aliphatic hydroxyl groups is 9. The fourth-order valence-electron chi connectivity index (χ4n) is 2.06. The highest BCUT2D eigenvalue weighted by Crippen LogP contribution is 2.22. The maximum absolute atomic E-state index is 9.70. The van der Waals surface area contributed by atoms with Gasteiger partial charge in [-0.15, -0.1) is 0 Å². The third-order valence-electron chi connectivity index (χ3n) is 3.61. The summed E-state index contributed by atoms with van der Waals surface area (Å²) in [6.07, 6.45) is -14.7. The second-order valence-electron chi connectivity index (χ2n) is 5.33. The smallest absolute Gasteiger partial charge is 0.186 e. The predicted octanol–water partition coefficient (Wildman–Crippen LogP) is -5.76. The Kier molecular flexibility index (Phi) is 8.20. The number of hydrogen-bond acceptors (Lipinski definition) is 11. The van der Waals surface area contributed by atoms with Crippen molar-refractivity contribution in [3.05, 3.63) is 0 Å². The van der Waals surface area contributed by atoms with Crippen molar-refractivity contribution < 1.29 is 55.4 Å². The fourth-order valence-corrected chi connectivity index (χ4v) is 2.06. The Morgan fingerprint density at radius 1 is 0.826 bits per heavy atom. The molecule has 0 amide bonds. The minimum Gasteiger partial charge on any atom is -0.394 e. The van der Waals surface area contributed by atoms with Crippen LogP contribution >= 0.6 is 0 Å².